The first kappa shape index (κ1) is 11.5. The van der Waals surface area contributed by atoms with Crippen LogP contribution in [0.4, 0.5) is 0 Å². The number of aryl methyl sites for hydroxylation is 1. The smallest absolute Gasteiger partial charge is 0.0727 e. The lowest BCUT2D eigenvalue weighted by molar-refractivity contribution is 0.261. The van der Waals surface area contributed by atoms with E-state index in [9.17, 15) is 0 Å². The quantitative estimate of drug-likeness (QED) is 0.806. The Balaban J connectivity index is 1.95. The van der Waals surface area contributed by atoms with Crippen LogP contribution >= 0.6 is 0 Å². The van der Waals surface area contributed by atoms with Gasteiger partial charge in [-0.2, -0.15) is 0 Å². The van der Waals surface area contributed by atoms with Gasteiger partial charge in [-0.05, 0) is 33.4 Å². The van der Waals surface area contributed by atoms with Crippen molar-refractivity contribution >= 4 is 0 Å². The van der Waals surface area contributed by atoms with Crippen molar-refractivity contribution in [2.75, 3.05) is 19.6 Å². The lowest BCUT2D eigenvalue weighted by Gasteiger charge is -2.21. The molecule has 16 heavy (non-hydrogen) atoms. The summed E-state index contributed by atoms with van der Waals surface area (Å²) >= 11 is 0. The molecule has 1 aliphatic heterocycles. The highest BCUT2D eigenvalue weighted by Gasteiger charge is 2.14. The van der Waals surface area contributed by atoms with Gasteiger partial charge in [0.1, 0.15) is 0 Å². The SMILES string of the molecule is Cc1cnc(CN2CCCNC(C)C2)cn1. The normalized spacial score (nSPS) is 23.0. The molecule has 0 radical (unpaired) electrons. The largest absolute Gasteiger partial charge is 0.313 e. The summed E-state index contributed by atoms with van der Waals surface area (Å²) in [6.07, 6.45) is 4.94. The van der Waals surface area contributed by atoms with Crippen molar-refractivity contribution in [2.45, 2.75) is 32.9 Å². The Hall–Kier alpha value is -1.00. The second-order valence-corrected chi connectivity index (χ2v) is 4.59. The van der Waals surface area contributed by atoms with Gasteiger partial charge in [-0.1, -0.05) is 0 Å². The van der Waals surface area contributed by atoms with Crippen LogP contribution in [0.2, 0.25) is 0 Å². The third kappa shape index (κ3) is 3.25. The maximum atomic E-state index is 4.40. The van der Waals surface area contributed by atoms with E-state index in [1.54, 1.807) is 0 Å². The van der Waals surface area contributed by atoms with Crippen LogP contribution in [-0.4, -0.2) is 40.5 Å². The molecule has 0 bridgehead atoms. The van der Waals surface area contributed by atoms with Gasteiger partial charge in [-0.25, -0.2) is 0 Å². The fourth-order valence-corrected chi connectivity index (χ4v) is 2.07. The number of aromatic nitrogens is 2. The molecule has 2 heterocycles. The fourth-order valence-electron chi connectivity index (χ4n) is 2.07. The number of rotatable bonds is 2. The van der Waals surface area contributed by atoms with Gasteiger partial charge in [0.25, 0.3) is 0 Å². The Labute approximate surface area is 97.1 Å². The predicted octanol–water partition coefficient (Wildman–Crippen LogP) is 0.969. The van der Waals surface area contributed by atoms with Gasteiger partial charge in [0.2, 0.25) is 0 Å². The molecule has 1 N–H and O–H groups in total. The summed E-state index contributed by atoms with van der Waals surface area (Å²) in [5.74, 6) is 0. The van der Waals surface area contributed by atoms with Crippen LogP contribution < -0.4 is 5.32 Å². The summed E-state index contributed by atoms with van der Waals surface area (Å²) in [4.78, 5) is 11.1. The second-order valence-electron chi connectivity index (χ2n) is 4.59. The first-order chi connectivity index (χ1) is 7.74. The molecular weight excluding hydrogens is 200 g/mol. The molecule has 1 aromatic rings. The van der Waals surface area contributed by atoms with Crippen LogP contribution in [0.1, 0.15) is 24.7 Å². The van der Waals surface area contributed by atoms with E-state index in [0.717, 1.165) is 37.6 Å². The summed E-state index contributed by atoms with van der Waals surface area (Å²) in [6, 6.07) is 0.570. The van der Waals surface area contributed by atoms with Crippen molar-refractivity contribution in [3.63, 3.8) is 0 Å². The van der Waals surface area contributed by atoms with Gasteiger partial charge in [0, 0.05) is 31.5 Å². The number of nitrogens with zero attached hydrogens (tertiary/aromatic N) is 3. The van der Waals surface area contributed by atoms with E-state index in [-0.39, 0.29) is 0 Å². The molecule has 1 atom stereocenters. The van der Waals surface area contributed by atoms with E-state index < -0.39 is 0 Å². The van der Waals surface area contributed by atoms with Crippen LogP contribution in [0.15, 0.2) is 12.4 Å². The molecule has 1 unspecified atom stereocenters. The molecule has 0 aliphatic carbocycles. The van der Waals surface area contributed by atoms with Crippen molar-refractivity contribution in [1.82, 2.24) is 20.2 Å². The average Bonchev–Trinajstić information content (AvgIpc) is 2.46. The molecule has 88 valence electrons. The van der Waals surface area contributed by atoms with Crippen LogP contribution in [0.5, 0.6) is 0 Å². The molecule has 2 rings (SSSR count). The minimum Gasteiger partial charge on any atom is -0.313 e. The lowest BCUT2D eigenvalue weighted by Crippen LogP contribution is -2.35. The number of hydrogen-bond donors (Lipinski definition) is 1. The summed E-state index contributed by atoms with van der Waals surface area (Å²) in [5.41, 5.74) is 2.05. The molecule has 0 amide bonds. The first-order valence-electron chi connectivity index (χ1n) is 5.97. The van der Waals surface area contributed by atoms with Gasteiger partial charge in [-0.15, -0.1) is 0 Å². The highest BCUT2D eigenvalue weighted by Crippen LogP contribution is 2.05. The minimum atomic E-state index is 0.570. The Morgan fingerprint density at radius 3 is 3.06 bits per heavy atom. The van der Waals surface area contributed by atoms with Crippen LogP contribution in [-0.2, 0) is 6.54 Å². The van der Waals surface area contributed by atoms with Crippen molar-refractivity contribution in [3.05, 3.63) is 23.8 Å². The molecule has 0 aromatic carbocycles. The highest BCUT2D eigenvalue weighted by atomic mass is 15.2. The van der Waals surface area contributed by atoms with E-state index in [4.69, 9.17) is 0 Å². The van der Waals surface area contributed by atoms with Gasteiger partial charge in [0.05, 0.1) is 11.4 Å². The average molecular weight is 220 g/mol. The van der Waals surface area contributed by atoms with Crippen LogP contribution in [0, 0.1) is 6.92 Å². The van der Waals surface area contributed by atoms with Crippen molar-refractivity contribution in [2.24, 2.45) is 0 Å². The zero-order valence-electron chi connectivity index (χ0n) is 10.1. The van der Waals surface area contributed by atoms with Gasteiger partial charge < -0.3 is 5.32 Å². The van der Waals surface area contributed by atoms with Gasteiger partial charge in [0.15, 0.2) is 0 Å². The maximum Gasteiger partial charge on any atom is 0.0727 e. The molecule has 1 aromatic heterocycles. The summed E-state index contributed by atoms with van der Waals surface area (Å²) in [6.45, 7) is 8.48. The van der Waals surface area contributed by atoms with E-state index in [2.05, 4.69) is 27.1 Å². The van der Waals surface area contributed by atoms with Crippen LogP contribution in [0.3, 0.4) is 0 Å². The number of nitrogens with one attached hydrogen (secondary N) is 1. The Morgan fingerprint density at radius 1 is 1.44 bits per heavy atom. The Morgan fingerprint density at radius 2 is 2.31 bits per heavy atom. The van der Waals surface area contributed by atoms with Crippen LogP contribution in [0.25, 0.3) is 0 Å². The van der Waals surface area contributed by atoms with Crippen molar-refractivity contribution < 1.29 is 0 Å². The molecule has 1 saturated heterocycles. The monoisotopic (exact) mass is 220 g/mol. The minimum absolute atomic E-state index is 0.570. The summed E-state index contributed by atoms with van der Waals surface area (Å²) < 4.78 is 0. The van der Waals surface area contributed by atoms with E-state index in [1.807, 2.05) is 19.3 Å². The van der Waals surface area contributed by atoms with Gasteiger partial charge in [-0.3, -0.25) is 14.9 Å². The molecular formula is C12H20N4. The topological polar surface area (TPSA) is 41.1 Å². The summed E-state index contributed by atoms with van der Waals surface area (Å²) in [7, 11) is 0. The zero-order valence-corrected chi connectivity index (χ0v) is 10.1. The second kappa shape index (κ2) is 5.37. The molecule has 0 saturated carbocycles. The van der Waals surface area contributed by atoms with E-state index in [1.165, 1.54) is 6.42 Å². The van der Waals surface area contributed by atoms with Crippen molar-refractivity contribution in [1.29, 1.82) is 0 Å². The lowest BCUT2D eigenvalue weighted by atomic mass is 10.3. The fraction of sp³-hybridized carbons (Fsp3) is 0.667. The van der Waals surface area contributed by atoms with E-state index >= 15 is 0 Å². The third-order valence-corrected chi connectivity index (χ3v) is 2.90. The molecule has 1 aliphatic rings. The van der Waals surface area contributed by atoms with E-state index in [0.29, 0.717) is 6.04 Å². The molecule has 4 nitrogen and oxygen atoms in total. The molecule has 0 spiro atoms. The maximum absolute atomic E-state index is 4.40. The first-order valence-corrected chi connectivity index (χ1v) is 5.97. The summed E-state index contributed by atoms with van der Waals surface area (Å²) in [5, 5.41) is 3.49. The third-order valence-electron chi connectivity index (χ3n) is 2.90. The zero-order chi connectivity index (χ0) is 11.4. The Kier molecular flexibility index (Phi) is 3.85. The molecule has 1 fully saturated rings. The predicted molar refractivity (Wildman–Crippen MR) is 64.1 cm³/mol. The Bertz CT molecular complexity index is 322. The highest BCUT2D eigenvalue weighted by molar-refractivity contribution is 5.00. The van der Waals surface area contributed by atoms with Crippen molar-refractivity contribution in [3.8, 4) is 0 Å². The standard InChI is InChI=1S/C12H20N4/c1-10-6-15-12(7-14-10)9-16-5-3-4-13-11(2)8-16/h6-7,11,13H,3-5,8-9H2,1-2H3. The number of hydrogen-bond acceptors (Lipinski definition) is 4. The van der Waals surface area contributed by atoms with Gasteiger partial charge >= 0.3 is 0 Å². The molecule has 4 heteroatoms.